The zero-order valence-electron chi connectivity index (χ0n) is 9.46. The Labute approximate surface area is 113 Å². The van der Waals surface area contributed by atoms with E-state index in [2.05, 4.69) is 47.8 Å². The molecule has 4 rings (SSSR count). The number of hydrogen-bond acceptors (Lipinski definition) is 4. The lowest BCUT2D eigenvalue weighted by atomic mass is 10.3. The quantitative estimate of drug-likeness (QED) is 0.704. The predicted molar refractivity (Wildman–Crippen MR) is 78.3 cm³/mol. The van der Waals surface area contributed by atoms with Crippen molar-refractivity contribution in [3.05, 3.63) is 53.5 Å². The molecule has 0 aliphatic carbocycles. The first-order valence-corrected chi connectivity index (χ1v) is 7.47. The van der Waals surface area contributed by atoms with E-state index in [1.165, 1.54) is 15.3 Å². The zero-order valence-corrected chi connectivity index (χ0v) is 11.1. The molecule has 2 heterocycles. The van der Waals surface area contributed by atoms with Gasteiger partial charge < -0.3 is 5.32 Å². The highest BCUT2D eigenvalue weighted by atomic mass is 32.2. The van der Waals surface area contributed by atoms with E-state index in [1.807, 2.05) is 17.8 Å². The highest BCUT2D eigenvalue weighted by Gasteiger charge is 2.24. The van der Waals surface area contributed by atoms with Crippen LogP contribution in [-0.4, -0.2) is 4.98 Å². The molecule has 1 aromatic heterocycles. The molecule has 0 fully saturated rings. The van der Waals surface area contributed by atoms with Gasteiger partial charge in [-0.3, -0.25) is 0 Å². The monoisotopic (exact) mass is 270 g/mol. The summed E-state index contributed by atoms with van der Waals surface area (Å²) in [4.78, 5) is 6.02. The minimum Gasteiger partial charge on any atom is -0.366 e. The van der Waals surface area contributed by atoms with Gasteiger partial charge in [-0.15, -0.1) is 11.3 Å². The third kappa shape index (κ3) is 1.61. The third-order valence-electron chi connectivity index (χ3n) is 2.95. The smallest absolute Gasteiger partial charge is 0.130 e. The van der Waals surface area contributed by atoms with Crippen LogP contribution in [0.25, 0.3) is 10.2 Å². The lowest BCUT2D eigenvalue weighted by molar-refractivity contribution is 1.10. The van der Waals surface area contributed by atoms with Crippen LogP contribution in [-0.2, 0) is 0 Å². The summed E-state index contributed by atoms with van der Waals surface area (Å²) in [5.74, 6) is 0. The average Bonchev–Trinajstić information content (AvgIpc) is 3.02. The van der Waals surface area contributed by atoms with Crippen LogP contribution in [0.15, 0.2) is 53.4 Å². The fraction of sp³-hybridized carbons (Fsp3) is 0.0714. The van der Waals surface area contributed by atoms with E-state index in [4.69, 9.17) is 4.98 Å². The van der Waals surface area contributed by atoms with Crippen molar-refractivity contribution in [3.63, 3.8) is 0 Å². The summed E-state index contributed by atoms with van der Waals surface area (Å²) in [5, 5.41) is 4.92. The molecule has 0 amide bonds. The summed E-state index contributed by atoms with van der Waals surface area (Å²) in [6.07, 6.45) is 0. The molecule has 18 heavy (non-hydrogen) atoms. The molecule has 2 aromatic carbocycles. The number of thioether (sulfide) groups is 1. The first-order valence-electron chi connectivity index (χ1n) is 5.78. The van der Waals surface area contributed by atoms with Crippen molar-refractivity contribution in [2.24, 2.45) is 0 Å². The van der Waals surface area contributed by atoms with Crippen LogP contribution in [0, 0.1) is 0 Å². The van der Waals surface area contributed by atoms with Crippen molar-refractivity contribution < 1.29 is 0 Å². The van der Waals surface area contributed by atoms with Crippen molar-refractivity contribution in [3.8, 4) is 0 Å². The maximum absolute atomic E-state index is 4.71. The summed E-state index contributed by atoms with van der Waals surface area (Å²) in [6, 6.07) is 16.7. The number of anilines is 1. The molecule has 1 aliphatic rings. The van der Waals surface area contributed by atoms with Gasteiger partial charge in [0.2, 0.25) is 0 Å². The molecule has 0 spiro atoms. The van der Waals surface area contributed by atoms with Gasteiger partial charge in [0.05, 0.1) is 10.2 Å². The van der Waals surface area contributed by atoms with E-state index < -0.39 is 0 Å². The van der Waals surface area contributed by atoms with Crippen LogP contribution in [0.1, 0.15) is 10.4 Å². The Hall–Kier alpha value is -1.52. The van der Waals surface area contributed by atoms with Crippen LogP contribution >= 0.6 is 23.1 Å². The van der Waals surface area contributed by atoms with E-state index in [9.17, 15) is 0 Å². The summed E-state index contributed by atoms with van der Waals surface area (Å²) in [6.45, 7) is 0. The first-order chi connectivity index (χ1) is 8.90. The number of aromatic nitrogens is 1. The minimum atomic E-state index is 0.250. The van der Waals surface area contributed by atoms with E-state index in [-0.39, 0.29) is 5.37 Å². The van der Waals surface area contributed by atoms with Crippen molar-refractivity contribution in [1.29, 1.82) is 0 Å². The Morgan fingerprint density at radius 1 is 1.00 bits per heavy atom. The van der Waals surface area contributed by atoms with Gasteiger partial charge in [-0.2, -0.15) is 0 Å². The second-order valence-electron chi connectivity index (χ2n) is 4.16. The molecule has 2 nitrogen and oxygen atoms in total. The average molecular weight is 270 g/mol. The van der Waals surface area contributed by atoms with Crippen LogP contribution < -0.4 is 5.32 Å². The SMILES string of the molecule is c1ccc2c(c1)N[C@H](c1nc3ccccc3s1)S2. The maximum Gasteiger partial charge on any atom is 0.130 e. The Kier molecular flexibility index (Phi) is 2.31. The van der Waals surface area contributed by atoms with Crippen LogP contribution in [0.4, 0.5) is 5.69 Å². The van der Waals surface area contributed by atoms with Crippen LogP contribution in [0.3, 0.4) is 0 Å². The van der Waals surface area contributed by atoms with Crippen molar-refractivity contribution >= 4 is 39.0 Å². The van der Waals surface area contributed by atoms with Gasteiger partial charge in [-0.05, 0) is 24.3 Å². The van der Waals surface area contributed by atoms with Gasteiger partial charge in [0, 0.05) is 10.6 Å². The van der Waals surface area contributed by atoms with E-state index in [0.717, 1.165) is 10.5 Å². The van der Waals surface area contributed by atoms with Crippen molar-refractivity contribution in [2.75, 3.05) is 5.32 Å². The number of benzene rings is 2. The standard InChI is InChI=1S/C14H10N2S2/c1-3-7-11-9(5-1)15-13(17-11)14-16-10-6-2-4-8-12(10)18-14/h1-8,13,15H/t13-/m0/s1. The molecule has 3 aromatic rings. The molecule has 4 heteroatoms. The molecule has 1 atom stereocenters. The summed E-state index contributed by atoms with van der Waals surface area (Å²) < 4.78 is 1.26. The molecule has 88 valence electrons. The van der Waals surface area contributed by atoms with Crippen molar-refractivity contribution in [1.82, 2.24) is 4.98 Å². The highest BCUT2D eigenvalue weighted by molar-refractivity contribution is 8.00. The second kappa shape index (κ2) is 4.00. The summed E-state index contributed by atoms with van der Waals surface area (Å²) in [7, 11) is 0. The van der Waals surface area contributed by atoms with Crippen LogP contribution in [0.2, 0.25) is 0 Å². The number of nitrogens with one attached hydrogen (secondary N) is 1. The maximum atomic E-state index is 4.71. The lowest BCUT2D eigenvalue weighted by Gasteiger charge is -2.05. The largest absolute Gasteiger partial charge is 0.366 e. The number of hydrogen-bond donors (Lipinski definition) is 1. The number of thiazole rings is 1. The first kappa shape index (κ1) is 10.4. The molecule has 0 bridgehead atoms. The van der Waals surface area contributed by atoms with Gasteiger partial charge in [-0.1, -0.05) is 36.0 Å². The zero-order chi connectivity index (χ0) is 11.9. The normalized spacial score (nSPS) is 17.7. The molecule has 1 aliphatic heterocycles. The molecule has 1 N–H and O–H groups in total. The Morgan fingerprint density at radius 2 is 1.83 bits per heavy atom. The lowest BCUT2D eigenvalue weighted by Crippen LogP contribution is -1.99. The van der Waals surface area contributed by atoms with Crippen LogP contribution in [0.5, 0.6) is 0 Å². The van der Waals surface area contributed by atoms with Gasteiger partial charge >= 0.3 is 0 Å². The fourth-order valence-corrected chi connectivity index (χ4v) is 4.29. The van der Waals surface area contributed by atoms with Gasteiger partial charge in [-0.25, -0.2) is 4.98 Å². The minimum absolute atomic E-state index is 0.250. The molecule has 0 radical (unpaired) electrons. The molecular weight excluding hydrogens is 260 g/mol. The summed E-state index contributed by atoms with van der Waals surface area (Å²) in [5.41, 5.74) is 2.31. The molecular formula is C14H10N2S2. The Balaban J connectivity index is 1.73. The highest BCUT2D eigenvalue weighted by Crippen LogP contribution is 2.47. The van der Waals surface area contributed by atoms with Gasteiger partial charge in [0.15, 0.2) is 0 Å². The number of rotatable bonds is 1. The fourth-order valence-electron chi connectivity index (χ4n) is 2.10. The van der Waals surface area contributed by atoms with Crippen molar-refractivity contribution in [2.45, 2.75) is 10.3 Å². The van der Waals surface area contributed by atoms with E-state index >= 15 is 0 Å². The van der Waals surface area contributed by atoms with E-state index in [0.29, 0.717) is 0 Å². The molecule has 0 unspecified atom stereocenters. The second-order valence-corrected chi connectivity index (χ2v) is 6.37. The Bertz CT molecular complexity index is 662. The van der Waals surface area contributed by atoms with Gasteiger partial charge in [0.1, 0.15) is 10.4 Å². The number of para-hydroxylation sites is 2. The molecule has 0 saturated heterocycles. The Morgan fingerprint density at radius 3 is 2.72 bits per heavy atom. The third-order valence-corrected chi connectivity index (χ3v) is 5.39. The van der Waals surface area contributed by atoms with E-state index in [1.54, 1.807) is 11.3 Å². The number of fused-ring (bicyclic) bond motifs is 2. The number of nitrogens with zero attached hydrogens (tertiary/aromatic N) is 1. The van der Waals surface area contributed by atoms with Gasteiger partial charge in [0.25, 0.3) is 0 Å². The summed E-state index contributed by atoms with van der Waals surface area (Å²) >= 11 is 3.61. The molecule has 0 saturated carbocycles. The predicted octanol–water partition coefficient (Wildman–Crippen LogP) is 4.51. The topological polar surface area (TPSA) is 24.9 Å².